The molecule has 19 heavy (non-hydrogen) atoms. The van der Waals surface area contributed by atoms with Crippen molar-refractivity contribution in [1.29, 1.82) is 0 Å². The number of aliphatic imine (C=N–C) groups is 1. The van der Waals surface area contributed by atoms with Crippen LogP contribution in [-0.2, 0) is 6.42 Å². The first-order chi connectivity index (χ1) is 9.11. The second kappa shape index (κ2) is 8.81. The molecule has 0 aromatic heterocycles. The van der Waals surface area contributed by atoms with Gasteiger partial charge in [-0.2, -0.15) is 0 Å². The van der Waals surface area contributed by atoms with Crippen LogP contribution in [0.25, 0.3) is 0 Å². The molecule has 106 valence electrons. The fourth-order valence-electron chi connectivity index (χ4n) is 1.67. The van der Waals surface area contributed by atoms with Crippen LogP contribution in [0.1, 0.15) is 25.8 Å². The van der Waals surface area contributed by atoms with E-state index in [9.17, 15) is 0 Å². The molecule has 0 saturated heterocycles. The van der Waals surface area contributed by atoms with E-state index < -0.39 is 0 Å². The van der Waals surface area contributed by atoms with E-state index in [0.29, 0.717) is 5.92 Å². The van der Waals surface area contributed by atoms with Gasteiger partial charge in [0, 0.05) is 25.2 Å². The summed E-state index contributed by atoms with van der Waals surface area (Å²) in [5.41, 5.74) is 1.32. The van der Waals surface area contributed by atoms with E-state index in [-0.39, 0.29) is 0 Å². The van der Waals surface area contributed by atoms with E-state index in [0.717, 1.165) is 36.9 Å². The fraction of sp³-hybridized carbons (Fsp3) is 0.533. The Bertz CT molecular complexity index is 385. The van der Waals surface area contributed by atoms with E-state index in [1.54, 1.807) is 7.05 Å². The third-order valence-corrected chi connectivity index (χ3v) is 3.00. The van der Waals surface area contributed by atoms with Crippen LogP contribution in [0.5, 0.6) is 0 Å². The number of rotatable bonds is 6. The molecule has 0 unspecified atom stereocenters. The maximum Gasteiger partial charge on any atom is 0.190 e. The molecule has 2 N–H and O–H groups in total. The molecule has 0 aliphatic rings. The number of hydrogen-bond donors (Lipinski definition) is 2. The van der Waals surface area contributed by atoms with E-state index in [1.807, 2.05) is 12.1 Å². The zero-order valence-electron chi connectivity index (χ0n) is 12.0. The molecule has 1 rings (SSSR count). The molecule has 0 aliphatic heterocycles. The molecule has 0 heterocycles. The van der Waals surface area contributed by atoms with Crippen molar-refractivity contribution in [3.05, 3.63) is 34.9 Å². The molecule has 0 fully saturated rings. The van der Waals surface area contributed by atoms with Crippen LogP contribution in [-0.4, -0.2) is 26.1 Å². The van der Waals surface area contributed by atoms with Gasteiger partial charge in [-0.05, 0) is 36.5 Å². The van der Waals surface area contributed by atoms with Crippen LogP contribution < -0.4 is 10.6 Å². The molecule has 4 heteroatoms. The van der Waals surface area contributed by atoms with Gasteiger partial charge in [-0.25, -0.2) is 0 Å². The normalized spacial score (nSPS) is 11.7. The average Bonchev–Trinajstić information content (AvgIpc) is 2.40. The molecule has 0 amide bonds. The monoisotopic (exact) mass is 281 g/mol. The molecule has 3 nitrogen and oxygen atoms in total. The number of halogens is 1. The number of benzene rings is 1. The summed E-state index contributed by atoms with van der Waals surface area (Å²) in [6.07, 6.45) is 2.12. The van der Waals surface area contributed by atoms with Crippen molar-refractivity contribution in [3.8, 4) is 0 Å². The van der Waals surface area contributed by atoms with Crippen LogP contribution in [0, 0.1) is 5.92 Å². The Hall–Kier alpha value is -1.22. The number of hydrogen-bond acceptors (Lipinski definition) is 1. The van der Waals surface area contributed by atoms with E-state index >= 15 is 0 Å². The molecular weight excluding hydrogens is 258 g/mol. The van der Waals surface area contributed by atoms with E-state index in [2.05, 4.69) is 41.6 Å². The molecule has 1 aromatic carbocycles. The Morgan fingerprint density at radius 3 is 2.47 bits per heavy atom. The maximum absolute atomic E-state index is 5.86. The lowest BCUT2D eigenvalue weighted by molar-refractivity contribution is 0.612. The van der Waals surface area contributed by atoms with E-state index in [1.165, 1.54) is 5.56 Å². The van der Waals surface area contributed by atoms with Crippen molar-refractivity contribution in [1.82, 2.24) is 10.6 Å². The molecular formula is C15H24ClN3. The zero-order valence-corrected chi connectivity index (χ0v) is 12.8. The molecule has 0 aliphatic carbocycles. The first-order valence-electron chi connectivity index (χ1n) is 6.80. The minimum Gasteiger partial charge on any atom is -0.356 e. The molecule has 0 atom stereocenters. The smallest absolute Gasteiger partial charge is 0.190 e. The summed E-state index contributed by atoms with van der Waals surface area (Å²) >= 11 is 5.86. The van der Waals surface area contributed by atoms with Gasteiger partial charge in [0.1, 0.15) is 0 Å². The lowest BCUT2D eigenvalue weighted by atomic mass is 10.1. The Morgan fingerprint density at radius 1 is 1.21 bits per heavy atom. The van der Waals surface area contributed by atoms with Crippen LogP contribution in [0.2, 0.25) is 5.02 Å². The summed E-state index contributed by atoms with van der Waals surface area (Å²) < 4.78 is 0. The predicted molar refractivity (Wildman–Crippen MR) is 84.0 cm³/mol. The van der Waals surface area contributed by atoms with Gasteiger partial charge in [-0.3, -0.25) is 4.99 Å². The highest BCUT2D eigenvalue weighted by Gasteiger charge is 1.99. The SMILES string of the molecule is CN=C(NCCCc1ccc(Cl)cc1)NCC(C)C. The molecule has 0 bridgehead atoms. The fourth-order valence-corrected chi connectivity index (χ4v) is 1.80. The number of guanidine groups is 1. The van der Waals surface area contributed by atoms with Crippen molar-refractivity contribution < 1.29 is 0 Å². The van der Waals surface area contributed by atoms with Gasteiger partial charge in [-0.15, -0.1) is 0 Å². The largest absolute Gasteiger partial charge is 0.356 e. The lowest BCUT2D eigenvalue weighted by Crippen LogP contribution is -2.39. The standard InChI is InChI=1S/C15H24ClN3/c1-12(2)11-19-15(17-3)18-10-4-5-13-6-8-14(16)9-7-13/h6-9,12H,4-5,10-11H2,1-3H3,(H2,17,18,19). The predicted octanol–water partition coefficient (Wildman–Crippen LogP) is 3.09. The first-order valence-corrected chi connectivity index (χ1v) is 7.18. The molecule has 0 saturated carbocycles. The second-order valence-corrected chi connectivity index (χ2v) is 5.44. The minimum absolute atomic E-state index is 0.618. The van der Waals surface area contributed by atoms with Crippen LogP contribution in [0.4, 0.5) is 0 Å². The third kappa shape index (κ3) is 7.06. The van der Waals surface area contributed by atoms with E-state index in [4.69, 9.17) is 11.6 Å². The summed E-state index contributed by atoms with van der Waals surface area (Å²) in [5.74, 6) is 1.50. The second-order valence-electron chi connectivity index (χ2n) is 5.00. The summed E-state index contributed by atoms with van der Waals surface area (Å²) in [5, 5.41) is 7.41. The van der Waals surface area contributed by atoms with Crippen molar-refractivity contribution >= 4 is 17.6 Å². The minimum atomic E-state index is 0.618. The highest BCUT2D eigenvalue weighted by molar-refractivity contribution is 6.30. The third-order valence-electron chi connectivity index (χ3n) is 2.75. The van der Waals surface area contributed by atoms with Gasteiger partial charge in [0.2, 0.25) is 0 Å². The zero-order chi connectivity index (χ0) is 14.1. The van der Waals surface area contributed by atoms with Gasteiger partial charge < -0.3 is 10.6 Å². The van der Waals surface area contributed by atoms with Gasteiger partial charge in [0.25, 0.3) is 0 Å². The summed E-state index contributed by atoms with van der Waals surface area (Å²) in [6.45, 7) is 6.22. The van der Waals surface area contributed by atoms with Crippen LogP contribution >= 0.6 is 11.6 Å². The lowest BCUT2D eigenvalue weighted by Gasteiger charge is -2.13. The Morgan fingerprint density at radius 2 is 1.89 bits per heavy atom. The summed E-state index contributed by atoms with van der Waals surface area (Å²) in [7, 11) is 1.80. The first kappa shape index (κ1) is 15.8. The van der Waals surface area contributed by atoms with Crippen molar-refractivity contribution in [2.45, 2.75) is 26.7 Å². The topological polar surface area (TPSA) is 36.4 Å². The highest BCUT2D eigenvalue weighted by Crippen LogP contribution is 2.10. The number of nitrogens with zero attached hydrogens (tertiary/aromatic N) is 1. The molecule has 0 radical (unpaired) electrons. The Kier molecular flexibility index (Phi) is 7.34. The summed E-state index contributed by atoms with van der Waals surface area (Å²) in [4.78, 5) is 4.19. The average molecular weight is 282 g/mol. The highest BCUT2D eigenvalue weighted by atomic mass is 35.5. The van der Waals surface area contributed by atoms with Gasteiger partial charge in [0.05, 0.1) is 0 Å². The number of nitrogens with one attached hydrogen (secondary N) is 2. The summed E-state index contributed by atoms with van der Waals surface area (Å²) in [6, 6.07) is 8.03. The Labute approximate surface area is 121 Å². The molecule has 0 spiro atoms. The molecule has 1 aromatic rings. The quantitative estimate of drug-likeness (QED) is 0.478. The van der Waals surface area contributed by atoms with Gasteiger partial charge in [0.15, 0.2) is 5.96 Å². The van der Waals surface area contributed by atoms with Gasteiger partial charge in [-0.1, -0.05) is 37.6 Å². The number of aryl methyl sites for hydroxylation is 1. The van der Waals surface area contributed by atoms with Crippen molar-refractivity contribution in [2.24, 2.45) is 10.9 Å². The maximum atomic E-state index is 5.86. The van der Waals surface area contributed by atoms with Crippen LogP contribution in [0.3, 0.4) is 0 Å². The van der Waals surface area contributed by atoms with Crippen molar-refractivity contribution in [2.75, 3.05) is 20.1 Å². The van der Waals surface area contributed by atoms with Gasteiger partial charge >= 0.3 is 0 Å². The Balaban J connectivity index is 2.20. The van der Waals surface area contributed by atoms with Crippen LogP contribution in [0.15, 0.2) is 29.3 Å². The van der Waals surface area contributed by atoms with Crippen molar-refractivity contribution in [3.63, 3.8) is 0 Å².